The Morgan fingerprint density at radius 3 is 2.62 bits per heavy atom. The van der Waals surface area contributed by atoms with E-state index in [0.717, 1.165) is 23.5 Å². The van der Waals surface area contributed by atoms with Crippen LogP contribution < -0.4 is 9.47 Å². The van der Waals surface area contributed by atoms with Crippen molar-refractivity contribution in [3.63, 3.8) is 0 Å². The zero-order valence-corrected chi connectivity index (χ0v) is 17.0. The number of benzene rings is 1. The first-order valence-corrected chi connectivity index (χ1v) is 9.32. The Morgan fingerprint density at radius 1 is 1.14 bits per heavy atom. The lowest BCUT2D eigenvalue weighted by Crippen LogP contribution is -2.18. The molecule has 0 amide bonds. The largest absolute Gasteiger partial charge is 0.455 e. The fourth-order valence-electron chi connectivity index (χ4n) is 3.19. The Balaban J connectivity index is 1.48. The van der Waals surface area contributed by atoms with Crippen LogP contribution in [0.25, 0.3) is 0 Å². The topological polar surface area (TPSA) is 88.4 Å². The maximum absolute atomic E-state index is 12.3. The van der Waals surface area contributed by atoms with Crippen molar-refractivity contribution in [2.75, 3.05) is 20.0 Å². The van der Waals surface area contributed by atoms with Gasteiger partial charge in [0.1, 0.15) is 0 Å². The van der Waals surface area contributed by atoms with Crippen LogP contribution in [0.15, 0.2) is 29.4 Å². The minimum Gasteiger partial charge on any atom is -0.455 e. The maximum Gasteiger partial charge on any atom is 0.347 e. The van der Waals surface area contributed by atoms with E-state index in [1.165, 1.54) is 0 Å². The van der Waals surface area contributed by atoms with Crippen molar-refractivity contribution in [3.05, 3.63) is 46.8 Å². The van der Waals surface area contributed by atoms with Crippen molar-refractivity contribution in [3.8, 4) is 11.5 Å². The summed E-state index contributed by atoms with van der Waals surface area (Å²) >= 11 is 0. The number of aromatic nitrogens is 1. The van der Waals surface area contributed by atoms with Gasteiger partial charge in [-0.25, -0.2) is 4.79 Å². The van der Waals surface area contributed by atoms with Gasteiger partial charge in [0.25, 0.3) is 0 Å². The summed E-state index contributed by atoms with van der Waals surface area (Å²) in [7, 11) is 0. The van der Waals surface area contributed by atoms with Gasteiger partial charge in [0.15, 0.2) is 18.1 Å². The molecule has 0 N–H and O–H groups in total. The van der Waals surface area contributed by atoms with Crippen molar-refractivity contribution in [1.29, 1.82) is 0 Å². The van der Waals surface area contributed by atoms with Crippen LogP contribution in [0, 0.1) is 13.8 Å². The number of ether oxygens (including phenoxy) is 3. The molecule has 0 atom stereocenters. The summed E-state index contributed by atoms with van der Waals surface area (Å²) in [6, 6.07) is 7.20. The summed E-state index contributed by atoms with van der Waals surface area (Å²) in [5, 5.41) is 3.92. The monoisotopic (exact) mass is 400 g/mol. The molecule has 2 heterocycles. The van der Waals surface area contributed by atoms with Gasteiger partial charge >= 0.3 is 5.97 Å². The van der Waals surface area contributed by atoms with Crippen LogP contribution in [-0.2, 0) is 20.9 Å². The molecule has 154 valence electrons. The Kier molecular flexibility index (Phi) is 6.21. The number of hydrogen-bond donors (Lipinski definition) is 0. The van der Waals surface area contributed by atoms with Crippen LogP contribution in [0.2, 0.25) is 0 Å². The van der Waals surface area contributed by atoms with E-state index >= 15 is 0 Å². The lowest BCUT2D eigenvalue weighted by molar-refractivity contribution is -0.147. The Hall–Kier alpha value is -3.29. The average molecular weight is 400 g/mol. The molecular weight excluding hydrogens is 376 g/mol. The SMILES string of the molecule is CCn1c(C)cc(C(=O)COC(=O)CO/N=C(/C)c2ccc3c(c2)OCO3)c1C. The van der Waals surface area contributed by atoms with E-state index < -0.39 is 5.97 Å². The zero-order chi connectivity index (χ0) is 21.0. The van der Waals surface area contributed by atoms with Gasteiger partial charge in [-0.1, -0.05) is 5.16 Å². The second-order valence-electron chi connectivity index (χ2n) is 6.63. The molecule has 0 unspecified atom stereocenters. The molecule has 1 aromatic heterocycles. The van der Waals surface area contributed by atoms with Gasteiger partial charge < -0.3 is 23.6 Å². The van der Waals surface area contributed by atoms with Crippen molar-refractivity contribution in [1.82, 2.24) is 4.57 Å². The summed E-state index contributed by atoms with van der Waals surface area (Å²) in [5.74, 6) is 0.406. The summed E-state index contributed by atoms with van der Waals surface area (Å²) in [5.41, 5.74) is 3.78. The molecule has 29 heavy (non-hydrogen) atoms. The predicted octanol–water partition coefficient (Wildman–Crippen LogP) is 3.02. The first-order chi connectivity index (χ1) is 13.9. The summed E-state index contributed by atoms with van der Waals surface area (Å²) in [4.78, 5) is 29.2. The molecule has 0 spiro atoms. The highest BCUT2D eigenvalue weighted by molar-refractivity contribution is 5.99. The number of carbonyl (C=O) groups excluding carboxylic acids is 2. The number of rotatable bonds is 8. The molecule has 1 aliphatic heterocycles. The van der Waals surface area contributed by atoms with Gasteiger partial charge in [-0.05, 0) is 52.0 Å². The quantitative estimate of drug-likeness (QED) is 0.293. The molecule has 1 aromatic carbocycles. The number of aryl methyl sites for hydroxylation is 1. The molecular formula is C21H24N2O6. The van der Waals surface area contributed by atoms with E-state index in [9.17, 15) is 9.59 Å². The maximum atomic E-state index is 12.3. The minimum atomic E-state index is -0.662. The van der Waals surface area contributed by atoms with Gasteiger partial charge in [-0.2, -0.15) is 0 Å². The Bertz CT molecular complexity index is 960. The van der Waals surface area contributed by atoms with E-state index in [0.29, 0.717) is 22.8 Å². The second-order valence-corrected chi connectivity index (χ2v) is 6.63. The molecule has 0 saturated heterocycles. The number of oxime groups is 1. The fraction of sp³-hybridized carbons (Fsp3) is 0.381. The standard InChI is InChI=1S/C21H24N2O6/c1-5-23-13(2)8-17(15(23)4)18(24)10-26-21(25)11-29-22-14(3)16-6-7-19-20(9-16)28-12-27-19/h6-9H,5,10-12H2,1-4H3/b22-14-. The zero-order valence-electron chi connectivity index (χ0n) is 17.0. The number of carbonyl (C=O) groups is 2. The van der Waals surface area contributed by atoms with E-state index in [1.54, 1.807) is 19.1 Å². The summed E-state index contributed by atoms with van der Waals surface area (Å²) in [6.45, 7) is 7.82. The van der Waals surface area contributed by atoms with E-state index in [-0.39, 0.29) is 25.8 Å². The number of Topliss-reactive ketones (excluding diaryl/α,β-unsaturated/α-hetero) is 1. The van der Waals surface area contributed by atoms with Crippen molar-refractivity contribution in [2.45, 2.75) is 34.2 Å². The molecule has 0 fully saturated rings. The lowest BCUT2D eigenvalue weighted by Gasteiger charge is -2.06. The highest BCUT2D eigenvalue weighted by Gasteiger charge is 2.17. The van der Waals surface area contributed by atoms with Crippen LogP contribution >= 0.6 is 0 Å². The molecule has 8 nitrogen and oxygen atoms in total. The smallest absolute Gasteiger partial charge is 0.347 e. The van der Waals surface area contributed by atoms with E-state index in [4.69, 9.17) is 19.0 Å². The molecule has 0 bridgehead atoms. The summed E-state index contributed by atoms with van der Waals surface area (Å²) < 4.78 is 17.6. The van der Waals surface area contributed by atoms with Gasteiger partial charge in [0, 0.05) is 29.1 Å². The normalized spacial score (nSPS) is 12.8. The highest BCUT2D eigenvalue weighted by atomic mass is 16.7. The van der Waals surface area contributed by atoms with Crippen LogP contribution in [0.1, 0.15) is 41.2 Å². The fourth-order valence-corrected chi connectivity index (χ4v) is 3.19. The molecule has 2 aromatic rings. The van der Waals surface area contributed by atoms with Crippen molar-refractivity contribution >= 4 is 17.5 Å². The van der Waals surface area contributed by atoms with Gasteiger partial charge in [-0.15, -0.1) is 0 Å². The Labute approximate surface area is 169 Å². The number of nitrogens with zero attached hydrogens (tertiary/aromatic N) is 2. The van der Waals surface area contributed by atoms with Crippen LogP contribution in [0.4, 0.5) is 0 Å². The van der Waals surface area contributed by atoms with Gasteiger partial charge in [-0.3, -0.25) is 4.79 Å². The highest BCUT2D eigenvalue weighted by Crippen LogP contribution is 2.32. The molecule has 0 aliphatic carbocycles. The first-order valence-electron chi connectivity index (χ1n) is 9.32. The average Bonchev–Trinajstić information content (AvgIpc) is 3.29. The van der Waals surface area contributed by atoms with Crippen molar-refractivity contribution in [2.24, 2.45) is 5.16 Å². The van der Waals surface area contributed by atoms with E-state index in [1.807, 2.05) is 37.5 Å². The first kappa shape index (κ1) is 20.4. The molecule has 0 saturated carbocycles. The minimum absolute atomic E-state index is 0.193. The van der Waals surface area contributed by atoms with Crippen LogP contribution in [0.3, 0.4) is 0 Å². The number of ketones is 1. The second kappa shape index (κ2) is 8.81. The predicted molar refractivity (Wildman–Crippen MR) is 106 cm³/mol. The lowest BCUT2D eigenvalue weighted by atomic mass is 10.1. The summed E-state index contributed by atoms with van der Waals surface area (Å²) in [6.07, 6.45) is 0. The van der Waals surface area contributed by atoms with Crippen LogP contribution in [-0.4, -0.2) is 42.0 Å². The Morgan fingerprint density at radius 2 is 1.90 bits per heavy atom. The van der Waals surface area contributed by atoms with Gasteiger partial charge in [0.2, 0.25) is 19.2 Å². The van der Waals surface area contributed by atoms with Crippen LogP contribution in [0.5, 0.6) is 11.5 Å². The van der Waals surface area contributed by atoms with Gasteiger partial charge in [0.05, 0.1) is 5.71 Å². The third-order valence-corrected chi connectivity index (χ3v) is 4.73. The molecule has 1 aliphatic rings. The van der Waals surface area contributed by atoms with Crippen molar-refractivity contribution < 1.29 is 28.6 Å². The third-order valence-electron chi connectivity index (χ3n) is 4.73. The number of hydrogen-bond acceptors (Lipinski definition) is 7. The molecule has 8 heteroatoms. The number of esters is 1. The molecule has 0 radical (unpaired) electrons. The molecule has 3 rings (SSSR count). The number of fused-ring (bicyclic) bond motifs is 1. The third kappa shape index (κ3) is 4.59. The van der Waals surface area contributed by atoms with E-state index in [2.05, 4.69) is 5.16 Å².